The van der Waals surface area contributed by atoms with Gasteiger partial charge in [-0.2, -0.15) is 0 Å². The van der Waals surface area contributed by atoms with Gasteiger partial charge in [0.2, 0.25) is 5.91 Å². The quantitative estimate of drug-likeness (QED) is 0.844. The molecule has 1 aromatic rings. The lowest BCUT2D eigenvalue weighted by atomic mass is 10.1. The third kappa shape index (κ3) is 3.86. The van der Waals surface area contributed by atoms with Crippen LogP contribution in [0.5, 0.6) is 0 Å². The molecule has 0 aliphatic rings. The van der Waals surface area contributed by atoms with Crippen LogP contribution in [0.25, 0.3) is 0 Å². The van der Waals surface area contributed by atoms with Crippen molar-refractivity contribution in [3.63, 3.8) is 0 Å². The Balaban J connectivity index is 2.64. The van der Waals surface area contributed by atoms with Crippen molar-refractivity contribution in [3.8, 4) is 0 Å². The molecule has 1 aromatic carbocycles. The first-order valence-electron chi connectivity index (χ1n) is 6.16. The van der Waals surface area contributed by atoms with Crippen molar-refractivity contribution in [2.75, 3.05) is 6.54 Å². The van der Waals surface area contributed by atoms with Crippen molar-refractivity contribution < 1.29 is 4.79 Å². The number of benzene rings is 1. The van der Waals surface area contributed by atoms with E-state index in [9.17, 15) is 4.79 Å². The number of carbonyl (C=O) groups is 1. The van der Waals surface area contributed by atoms with E-state index in [0.29, 0.717) is 13.0 Å². The van der Waals surface area contributed by atoms with E-state index in [1.54, 1.807) is 0 Å². The lowest BCUT2D eigenvalue weighted by molar-refractivity contribution is -0.134. The number of carbonyl (C=O) groups excluding carboxylic acids is 1. The number of likely N-dealkylation sites (N-methyl/N-ethyl adjacent to an activating group) is 1. The van der Waals surface area contributed by atoms with Crippen molar-refractivity contribution in [3.05, 3.63) is 35.9 Å². The molecule has 2 N–H and O–H groups in total. The van der Waals surface area contributed by atoms with Crippen LogP contribution in [0, 0.1) is 0 Å². The van der Waals surface area contributed by atoms with Gasteiger partial charge >= 0.3 is 0 Å². The Labute approximate surface area is 104 Å². The molecule has 0 fully saturated rings. The minimum atomic E-state index is -0.445. The SMILES string of the molecule is CCN(C(=O)C(N)Cc1ccccc1)C(C)C. The van der Waals surface area contributed by atoms with Crippen molar-refractivity contribution in [1.82, 2.24) is 4.90 Å². The molecule has 0 radical (unpaired) electrons. The van der Waals surface area contributed by atoms with Crippen LogP contribution in [-0.4, -0.2) is 29.4 Å². The fraction of sp³-hybridized carbons (Fsp3) is 0.500. The highest BCUT2D eigenvalue weighted by atomic mass is 16.2. The van der Waals surface area contributed by atoms with E-state index in [4.69, 9.17) is 5.73 Å². The predicted octanol–water partition coefficient (Wildman–Crippen LogP) is 1.81. The summed E-state index contributed by atoms with van der Waals surface area (Å²) in [5.74, 6) is 0.0337. The van der Waals surface area contributed by atoms with Crippen LogP contribution >= 0.6 is 0 Å². The highest BCUT2D eigenvalue weighted by molar-refractivity contribution is 5.82. The summed E-state index contributed by atoms with van der Waals surface area (Å²) < 4.78 is 0. The molecule has 17 heavy (non-hydrogen) atoms. The van der Waals surface area contributed by atoms with Crippen molar-refractivity contribution in [1.29, 1.82) is 0 Å². The van der Waals surface area contributed by atoms with Gasteiger partial charge < -0.3 is 10.6 Å². The summed E-state index contributed by atoms with van der Waals surface area (Å²) in [6.07, 6.45) is 0.600. The molecule has 0 spiro atoms. The molecule has 1 rings (SSSR count). The lowest BCUT2D eigenvalue weighted by Crippen LogP contribution is -2.47. The first kappa shape index (κ1) is 13.7. The maximum atomic E-state index is 12.1. The van der Waals surface area contributed by atoms with Gasteiger partial charge in [0.15, 0.2) is 0 Å². The highest BCUT2D eigenvalue weighted by Crippen LogP contribution is 2.06. The average Bonchev–Trinajstić information content (AvgIpc) is 2.30. The molecule has 3 heteroatoms. The zero-order valence-corrected chi connectivity index (χ0v) is 10.9. The summed E-state index contributed by atoms with van der Waals surface area (Å²) in [7, 11) is 0. The Morgan fingerprint density at radius 2 is 1.88 bits per heavy atom. The number of rotatable bonds is 5. The van der Waals surface area contributed by atoms with Crippen LogP contribution in [0.2, 0.25) is 0 Å². The molecular formula is C14H22N2O. The average molecular weight is 234 g/mol. The molecule has 94 valence electrons. The van der Waals surface area contributed by atoms with Gasteiger partial charge in [-0.3, -0.25) is 4.79 Å². The molecule has 1 atom stereocenters. The Morgan fingerprint density at radius 3 is 2.35 bits per heavy atom. The first-order valence-corrected chi connectivity index (χ1v) is 6.16. The molecular weight excluding hydrogens is 212 g/mol. The number of nitrogens with zero attached hydrogens (tertiary/aromatic N) is 1. The van der Waals surface area contributed by atoms with Crippen LogP contribution in [0.1, 0.15) is 26.3 Å². The highest BCUT2D eigenvalue weighted by Gasteiger charge is 2.21. The van der Waals surface area contributed by atoms with E-state index >= 15 is 0 Å². The standard InChI is InChI=1S/C14H22N2O/c1-4-16(11(2)3)14(17)13(15)10-12-8-6-5-7-9-12/h5-9,11,13H,4,10,15H2,1-3H3. The minimum Gasteiger partial charge on any atom is -0.339 e. The molecule has 0 saturated heterocycles. The van der Waals surface area contributed by atoms with Crippen molar-refractivity contribution >= 4 is 5.91 Å². The van der Waals surface area contributed by atoms with Gasteiger partial charge in [0.25, 0.3) is 0 Å². The van der Waals surface area contributed by atoms with Gasteiger partial charge in [-0.15, -0.1) is 0 Å². The molecule has 1 unspecified atom stereocenters. The molecule has 0 heterocycles. The monoisotopic (exact) mass is 234 g/mol. The molecule has 0 aliphatic carbocycles. The zero-order valence-electron chi connectivity index (χ0n) is 10.9. The van der Waals surface area contributed by atoms with Gasteiger partial charge in [0.05, 0.1) is 6.04 Å². The van der Waals surface area contributed by atoms with E-state index < -0.39 is 6.04 Å². The summed E-state index contributed by atoms with van der Waals surface area (Å²) in [4.78, 5) is 13.9. The van der Waals surface area contributed by atoms with E-state index in [-0.39, 0.29) is 11.9 Å². The third-order valence-corrected chi connectivity index (χ3v) is 2.86. The van der Waals surface area contributed by atoms with Crippen molar-refractivity contribution in [2.45, 2.75) is 39.3 Å². The Bertz CT molecular complexity index is 348. The van der Waals surface area contributed by atoms with Crippen LogP contribution in [0.3, 0.4) is 0 Å². The van der Waals surface area contributed by atoms with Gasteiger partial charge in [-0.1, -0.05) is 30.3 Å². The van der Waals surface area contributed by atoms with E-state index in [1.165, 1.54) is 0 Å². The van der Waals surface area contributed by atoms with Crippen LogP contribution in [0.4, 0.5) is 0 Å². The molecule has 3 nitrogen and oxygen atoms in total. The maximum Gasteiger partial charge on any atom is 0.240 e. The summed E-state index contributed by atoms with van der Waals surface area (Å²) in [5, 5.41) is 0. The first-order chi connectivity index (χ1) is 8.06. The summed E-state index contributed by atoms with van der Waals surface area (Å²) in [6, 6.07) is 9.65. The summed E-state index contributed by atoms with van der Waals surface area (Å²) >= 11 is 0. The second kappa shape index (κ2) is 6.40. The Hall–Kier alpha value is -1.35. The van der Waals surface area contributed by atoms with Gasteiger partial charge in [0.1, 0.15) is 0 Å². The minimum absolute atomic E-state index is 0.0337. The normalized spacial score (nSPS) is 12.5. The molecule has 0 aromatic heterocycles. The van der Waals surface area contributed by atoms with Crippen LogP contribution in [-0.2, 0) is 11.2 Å². The molecule has 0 aliphatic heterocycles. The smallest absolute Gasteiger partial charge is 0.240 e. The van der Waals surface area contributed by atoms with E-state index in [0.717, 1.165) is 5.56 Å². The van der Waals surface area contributed by atoms with Crippen LogP contribution < -0.4 is 5.73 Å². The number of amides is 1. The van der Waals surface area contributed by atoms with Crippen LogP contribution in [0.15, 0.2) is 30.3 Å². The Kier molecular flexibility index (Phi) is 5.16. The zero-order chi connectivity index (χ0) is 12.8. The summed E-state index contributed by atoms with van der Waals surface area (Å²) in [5.41, 5.74) is 7.08. The van der Waals surface area contributed by atoms with Gasteiger partial charge in [-0.25, -0.2) is 0 Å². The topological polar surface area (TPSA) is 46.3 Å². The van der Waals surface area contributed by atoms with Gasteiger partial charge in [0, 0.05) is 12.6 Å². The fourth-order valence-corrected chi connectivity index (χ4v) is 1.94. The van der Waals surface area contributed by atoms with E-state index in [1.807, 2.05) is 56.0 Å². The molecule has 0 saturated carbocycles. The predicted molar refractivity (Wildman–Crippen MR) is 70.6 cm³/mol. The number of hydrogen-bond donors (Lipinski definition) is 1. The molecule has 1 amide bonds. The van der Waals surface area contributed by atoms with Crippen molar-refractivity contribution in [2.24, 2.45) is 5.73 Å². The van der Waals surface area contributed by atoms with Gasteiger partial charge in [-0.05, 0) is 32.8 Å². The fourth-order valence-electron chi connectivity index (χ4n) is 1.94. The molecule has 0 bridgehead atoms. The second-order valence-corrected chi connectivity index (χ2v) is 4.51. The Morgan fingerprint density at radius 1 is 1.29 bits per heavy atom. The third-order valence-electron chi connectivity index (χ3n) is 2.86. The second-order valence-electron chi connectivity index (χ2n) is 4.51. The van der Waals surface area contributed by atoms with E-state index in [2.05, 4.69) is 0 Å². The number of hydrogen-bond acceptors (Lipinski definition) is 2. The summed E-state index contributed by atoms with van der Waals surface area (Å²) in [6.45, 7) is 6.71. The lowest BCUT2D eigenvalue weighted by Gasteiger charge is -2.28. The number of nitrogens with two attached hydrogens (primary N) is 1. The maximum absolute atomic E-state index is 12.1. The largest absolute Gasteiger partial charge is 0.339 e.